The van der Waals surface area contributed by atoms with E-state index in [1.165, 1.54) is 12.0 Å². The molecule has 26 heavy (non-hydrogen) atoms. The number of ether oxygens (including phenoxy) is 1. The Morgan fingerprint density at radius 3 is 3.00 bits per heavy atom. The molecule has 0 aliphatic carbocycles. The zero-order valence-electron chi connectivity index (χ0n) is 15.1. The second-order valence-corrected chi connectivity index (χ2v) is 7.22. The monoisotopic (exact) mass is 354 g/mol. The van der Waals surface area contributed by atoms with Crippen molar-refractivity contribution in [1.82, 2.24) is 9.88 Å². The first-order valence-electron chi connectivity index (χ1n) is 9.40. The highest BCUT2D eigenvalue weighted by Crippen LogP contribution is 2.41. The number of hydrogen-bond acceptors (Lipinski definition) is 5. The summed E-state index contributed by atoms with van der Waals surface area (Å²) in [6, 6.07) is 7.74. The van der Waals surface area contributed by atoms with Crippen molar-refractivity contribution in [2.75, 3.05) is 26.3 Å². The van der Waals surface area contributed by atoms with Crippen LogP contribution >= 0.6 is 0 Å². The van der Waals surface area contributed by atoms with E-state index >= 15 is 0 Å². The van der Waals surface area contributed by atoms with Gasteiger partial charge in [-0.1, -0.05) is 11.6 Å². The SMILES string of the molecule is C/C=C1\CN2CCC1CC2C(O)c1ccnc2ccc(OCCO)cc12. The van der Waals surface area contributed by atoms with Gasteiger partial charge in [-0.2, -0.15) is 0 Å². The Hall–Kier alpha value is -1.95. The molecule has 5 heteroatoms. The van der Waals surface area contributed by atoms with Crippen LogP contribution in [-0.2, 0) is 0 Å². The minimum absolute atomic E-state index is 0.0216. The molecule has 3 aliphatic heterocycles. The second-order valence-electron chi connectivity index (χ2n) is 7.22. The molecule has 2 aromatic rings. The maximum atomic E-state index is 11.2. The lowest BCUT2D eigenvalue weighted by atomic mass is 9.76. The van der Waals surface area contributed by atoms with Crippen molar-refractivity contribution in [1.29, 1.82) is 0 Å². The van der Waals surface area contributed by atoms with Crippen LogP contribution in [0.15, 0.2) is 42.1 Å². The number of aliphatic hydroxyl groups excluding tert-OH is 2. The van der Waals surface area contributed by atoms with Crippen LogP contribution in [0.3, 0.4) is 0 Å². The summed E-state index contributed by atoms with van der Waals surface area (Å²) in [5, 5.41) is 21.1. The molecule has 0 saturated carbocycles. The molecule has 5 nitrogen and oxygen atoms in total. The van der Waals surface area contributed by atoms with Gasteiger partial charge in [-0.05, 0) is 62.1 Å². The average molecular weight is 354 g/mol. The van der Waals surface area contributed by atoms with Crippen molar-refractivity contribution in [2.24, 2.45) is 5.92 Å². The third kappa shape index (κ3) is 3.11. The maximum absolute atomic E-state index is 11.2. The quantitative estimate of drug-likeness (QED) is 0.808. The number of pyridine rings is 1. The zero-order valence-corrected chi connectivity index (χ0v) is 15.1. The molecule has 4 heterocycles. The van der Waals surface area contributed by atoms with E-state index < -0.39 is 6.10 Å². The molecule has 2 bridgehead atoms. The van der Waals surface area contributed by atoms with Crippen molar-refractivity contribution in [3.63, 3.8) is 0 Å². The molecule has 3 fully saturated rings. The van der Waals surface area contributed by atoms with E-state index in [1.54, 1.807) is 6.20 Å². The highest BCUT2D eigenvalue weighted by atomic mass is 16.5. The maximum Gasteiger partial charge on any atom is 0.120 e. The number of allylic oxidation sites excluding steroid dienone is 1. The van der Waals surface area contributed by atoms with E-state index in [1.807, 2.05) is 24.3 Å². The van der Waals surface area contributed by atoms with E-state index in [9.17, 15) is 5.11 Å². The topological polar surface area (TPSA) is 65.8 Å². The first kappa shape index (κ1) is 17.5. The van der Waals surface area contributed by atoms with Crippen LogP contribution < -0.4 is 4.74 Å². The number of piperidine rings is 3. The summed E-state index contributed by atoms with van der Waals surface area (Å²) in [5.74, 6) is 1.29. The lowest BCUT2D eigenvalue weighted by Gasteiger charge is -2.48. The number of aliphatic hydroxyl groups is 2. The summed E-state index contributed by atoms with van der Waals surface area (Å²) >= 11 is 0. The van der Waals surface area contributed by atoms with Gasteiger partial charge in [-0.25, -0.2) is 0 Å². The van der Waals surface area contributed by atoms with Gasteiger partial charge in [0.25, 0.3) is 0 Å². The minimum Gasteiger partial charge on any atom is -0.491 e. The molecule has 4 atom stereocenters. The van der Waals surface area contributed by atoms with Crippen LogP contribution in [0.4, 0.5) is 0 Å². The fourth-order valence-corrected chi connectivity index (χ4v) is 4.46. The molecule has 1 aromatic carbocycles. The number of rotatable bonds is 5. The molecule has 4 unspecified atom stereocenters. The van der Waals surface area contributed by atoms with E-state index in [-0.39, 0.29) is 19.3 Å². The van der Waals surface area contributed by atoms with Gasteiger partial charge in [0.2, 0.25) is 0 Å². The number of fused-ring (bicyclic) bond motifs is 4. The average Bonchev–Trinajstić information content (AvgIpc) is 2.71. The molecule has 0 amide bonds. The molecule has 3 saturated heterocycles. The van der Waals surface area contributed by atoms with Crippen LogP contribution in [0, 0.1) is 5.92 Å². The van der Waals surface area contributed by atoms with Crippen molar-refractivity contribution >= 4 is 10.9 Å². The Morgan fingerprint density at radius 1 is 1.38 bits per heavy atom. The molecule has 2 N–H and O–H groups in total. The van der Waals surface area contributed by atoms with Crippen LogP contribution in [0.5, 0.6) is 5.75 Å². The van der Waals surface area contributed by atoms with E-state index in [2.05, 4.69) is 22.9 Å². The lowest BCUT2D eigenvalue weighted by Crippen LogP contribution is -2.52. The number of benzene rings is 1. The van der Waals surface area contributed by atoms with E-state index in [0.29, 0.717) is 11.7 Å². The standard InChI is InChI=1S/C21H26N2O3/c1-2-14-13-23-8-6-15(14)11-20(23)21(25)17-5-7-22-19-4-3-16(12-18(17)19)26-10-9-24/h2-5,7,12,15,20-21,24-25H,6,8-11,13H2,1H3/b14-2+. The van der Waals surface area contributed by atoms with Crippen LogP contribution in [0.2, 0.25) is 0 Å². The number of aromatic nitrogens is 1. The Bertz CT molecular complexity index is 820. The summed E-state index contributed by atoms with van der Waals surface area (Å²) < 4.78 is 5.54. The Labute approximate surface area is 153 Å². The highest BCUT2D eigenvalue weighted by Gasteiger charge is 2.40. The third-order valence-electron chi connectivity index (χ3n) is 5.83. The molecule has 138 valence electrons. The Kier molecular flexibility index (Phi) is 4.94. The lowest BCUT2D eigenvalue weighted by molar-refractivity contribution is -0.00340. The van der Waals surface area contributed by atoms with Gasteiger partial charge in [-0.15, -0.1) is 0 Å². The smallest absolute Gasteiger partial charge is 0.120 e. The first-order chi connectivity index (χ1) is 12.7. The van der Waals surface area contributed by atoms with Crippen molar-refractivity contribution < 1.29 is 14.9 Å². The zero-order chi connectivity index (χ0) is 18.1. The molecule has 3 aliphatic rings. The molecular formula is C21H26N2O3. The van der Waals surface area contributed by atoms with Crippen LogP contribution in [0.1, 0.15) is 31.4 Å². The molecule has 1 aromatic heterocycles. The Morgan fingerprint density at radius 2 is 2.27 bits per heavy atom. The second kappa shape index (κ2) is 7.35. The van der Waals surface area contributed by atoms with Crippen molar-refractivity contribution in [3.05, 3.63) is 47.7 Å². The number of hydrogen-bond donors (Lipinski definition) is 2. The van der Waals surface area contributed by atoms with Gasteiger partial charge in [0.15, 0.2) is 0 Å². The first-order valence-corrected chi connectivity index (χ1v) is 9.40. The van der Waals surface area contributed by atoms with Gasteiger partial charge in [0, 0.05) is 24.2 Å². The number of nitrogens with zero attached hydrogens (tertiary/aromatic N) is 2. The van der Waals surface area contributed by atoms with Gasteiger partial charge in [0.1, 0.15) is 12.4 Å². The fourth-order valence-electron chi connectivity index (χ4n) is 4.46. The summed E-state index contributed by atoms with van der Waals surface area (Å²) in [7, 11) is 0. The summed E-state index contributed by atoms with van der Waals surface area (Å²) in [5.41, 5.74) is 3.27. The van der Waals surface area contributed by atoms with Crippen LogP contribution in [-0.4, -0.2) is 52.4 Å². The third-order valence-corrected chi connectivity index (χ3v) is 5.83. The highest BCUT2D eigenvalue weighted by molar-refractivity contribution is 5.84. The largest absolute Gasteiger partial charge is 0.491 e. The van der Waals surface area contributed by atoms with Crippen molar-refractivity contribution in [2.45, 2.75) is 31.9 Å². The predicted octanol–water partition coefficient (Wildman–Crippen LogP) is 2.68. The molecule has 5 rings (SSSR count). The summed E-state index contributed by atoms with van der Waals surface area (Å²) in [6.45, 7) is 4.38. The molecule has 0 radical (unpaired) electrons. The van der Waals surface area contributed by atoms with Gasteiger partial charge >= 0.3 is 0 Å². The minimum atomic E-state index is -0.546. The summed E-state index contributed by atoms with van der Waals surface area (Å²) in [6.07, 6.45) is 5.66. The van der Waals surface area contributed by atoms with Crippen LogP contribution in [0.25, 0.3) is 10.9 Å². The Balaban J connectivity index is 1.65. The van der Waals surface area contributed by atoms with E-state index in [4.69, 9.17) is 9.84 Å². The van der Waals surface area contributed by atoms with Gasteiger partial charge in [0.05, 0.1) is 18.2 Å². The van der Waals surface area contributed by atoms with Gasteiger partial charge in [-0.3, -0.25) is 9.88 Å². The van der Waals surface area contributed by atoms with E-state index in [0.717, 1.165) is 36.0 Å². The van der Waals surface area contributed by atoms with Crippen molar-refractivity contribution in [3.8, 4) is 5.75 Å². The predicted molar refractivity (Wildman–Crippen MR) is 101 cm³/mol. The molecule has 0 spiro atoms. The normalized spacial score (nSPS) is 27.8. The molecular weight excluding hydrogens is 328 g/mol. The summed E-state index contributed by atoms with van der Waals surface area (Å²) in [4.78, 5) is 6.84. The van der Waals surface area contributed by atoms with Gasteiger partial charge < -0.3 is 14.9 Å². The fraction of sp³-hybridized carbons (Fsp3) is 0.476.